The molecule has 0 radical (unpaired) electrons. The highest BCUT2D eigenvalue weighted by atomic mass is 16.6. The van der Waals surface area contributed by atoms with Crippen molar-refractivity contribution in [2.24, 2.45) is 40.4 Å². The summed E-state index contributed by atoms with van der Waals surface area (Å²) in [5.41, 5.74) is -1.57. The van der Waals surface area contributed by atoms with Gasteiger partial charge in [-0.05, 0) is 31.7 Å². The molecule has 6 aliphatic rings. The largest absolute Gasteiger partial charge is 0.462 e. The zero-order valence-corrected chi connectivity index (χ0v) is 23.0. The van der Waals surface area contributed by atoms with Crippen molar-refractivity contribution in [2.45, 2.75) is 82.5 Å². The first-order chi connectivity index (χ1) is 17.7. The first-order valence-electron chi connectivity index (χ1n) is 14.0. The molecule has 37 heavy (non-hydrogen) atoms. The van der Waals surface area contributed by atoms with Crippen LogP contribution in [0.2, 0.25) is 0 Å². The van der Waals surface area contributed by atoms with E-state index in [1.807, 2.05) is 0 Å². The summed E-state index contributed by atoms with van der Waals surface area (Å²) in [6, 6.07) is -0.0133. The molecule has 5 aliphatic carbocycles. The summed E-state index contributed by atoms with van der Waals surface area (Å²) in [5, 5.41) is 12.1. The third kappa shape index (κ3) is 2.98. The summed E-state index contributed by atoms with van der Waals surface area (Å²) in [4.78, 5) is 27.8. The van der Waals surface area contributed by atoms with Crippen molar-refractivity contribution in [3.05, 3.63) is 0 Å². The van der Waals surface area contributed by atoms with Crippen molar-refractivity contribution >= 4 is 11.9 Å². The summed E-state index contributed by atoms with van der Waals surface area (Å²) < 4.78 is 31.0. The highest BCUT2D eigenvalue weighted by molar-refractivity contribution is 5.68. The van der Waals surface area contributed by atoms with Gasteiger partial charge in [-0.3, -0.25) is 14.5 Å². The lowest BCUT2D eigenvalue weighted by Crippen LogP contribution is -2.76. The van der Waals surface area contributed by atoms with Crippen LogP contribution in [0.1, 0.15) is 46.5 Å². The molecule has 1 N–H and O–H groups in total. The van der Waals surface area contributed by atoms with Crippen molar-refractivity contribution in [2.75, 3.05) is 41.0 Å². The third-order valence-corrected chi connectivity index (χ3v) is 11.7. The molecule has 1 saturated heterocycles. The van der Waals surface area contributed by atoms with Gasteiger partial charge in [0.25, 0.3) is 0 Å². The normalized spacial score (nSPS) is 53.2. The second-order valence-corrected chi connectivity index (χ2v) is 12.7. The average Bonchev–Trinajstić information content (AvgIpc) is 3.27. The number of carbonyl (C=O) groups is 2. The molecule has 7 bridgehead atoms. The van der Waals surface area contributed by atoms with Crippen LogP contribution in [0.15, 0.2) is 0 Å². The number of esters is 2. The number of piperidine rings is 1. The smallest absolute Gasteiger partial charge is 0.303 e. The Bertz CT molecular complexity index is 960. The van der Waals surface area contributed by atoms with Gasteiger partial charge < -0.3 is 28.8 Å². The first kappa shape index (κ1) is 26.0. The number of methoxy groups -OCH3 is 3. The number of nitrogens with zero attached hydrogens (tertiary/aromatic N) is 1. The maximum Gasteiger partial charge on any atom is 0.303 e. The van der Waals surface area contributed by atoms with Gasteiger partial charge in [-0.1, -0.05) is 6.92 Å². The van der Waals surface area contributed by atoms with Crippen LogP contribution in [0, 0.1) is 40.4 Å². The van der Waals surface area contributed by atoms with E-state index < -0.39 is 23.2 Å². The summed E-state index contributed by atoms with van der Waals surface area (Å²) in [5.74, 6) is -1.05. The first-order valence-corrected chi connectivity index (χ1v) is 14.0. The molecular formula is C28H43NO8. The fourth-order valence-corrected chi connectivity index (χ4v) is 11.4. The Morgan fingerprint density at radius 2 is 1.81 bits per heavy atom. The second-order valence-electron chi connectivity index (χ2n) is 12.7. The third-order valence-electron chi connectivity index (χ3n) is 11.7. The Kier molecular flexibility index (Phi) is 6.05. The molecule has 13 atom stereocenters. The van der Waals surface area contributed by atoms with Crippen LogP contribution < -0.4 is 0 Å². The van der Waals surface area contributed by atoms with Gasteiger partial charge in [0.15, 0.2) is 0 Å². The lowest BCUT2D eigenvalue weighted by Gasteiger charge is -2.69. The van der Waals surface area contributed by atoms with Gasteiger partial charge in [-0.25, -0.2) is 0 Å². The number of aliphatic hydroxyl groups is 1. The van der Waals surface area contributed by atoms with Crippen LogP contribution in [0.4, 0.5) is 0 Å². The van der Waals surface area contributed by atoms with Crippen LogP contribution in [0.5, 0.6) is 0 Å². The zero-order valence-electron chi connectivity index (χ0n) is 23.0. The van der Waals surface area contributed by atoms with E-state index in [4.69, 9.17) is 23.7 Å². The molecule has 1 heterocycles. The molecule has 5 saturated carbocycles. The molecule has 0 aromatic carbocycles. The van der Waals surface area contributed by atoms with Crippen molar-refractivity contribution < 1.29 is 38.4 Å². The molecule has 0 amide bonds. The molecule has 6 fully saturated rings. The Morgan fingerprint density at radius 1 is 1.05 bits per heavy atom. The summed E-state index contributed by atoms with van der Waals surface area (Å²) in [7, 11) is 5.22. The van der Waals surface area contributed by atoms with E-state index in [1.54, 1.807) is 21.3 Å². The van der Waals surface area contributed by atoms with Gasteiger partial charge in [0.2, 0.25) is 0 Å². The minimum Gasteiger partial charge on any atom is -0.462 e. The number of hydrogen-bond acceptors (Lipinski definition) is 9. The average molecular weight is 522 g/mol. The number of carbonyl (C=O) groups excluding carboxylic acids is 2. The quantitative estimate of drug-likeness (QED) is 0.501. The van der Waals surface area contributed by atoms with Gasteiger partial charge in [0.05, 0.1) is 24.9 Å². The monoisotopic (exact) mass is 521 g/mol. The Hall–Kier alpha value is -1.26. The summed E-state index contributed by atoms with van der Waals surface area (Å²) in [6.45, 7) is 7.38. The standard InChI is InChI=1S/C28H43NO8/c1-7-29-12-26(13-33-4)9-8-19(32)28-17-10-16-18(34-5)11-27(37-15(3)31,20(17)22(16)36-14(2)30)21(25(28)29)23(35-6)24(26)28/h16-25,32H,7-13H2,1-6H3/t16-,17+,18+,19+,20-,21+,22+,23+,24+,25-,26+,27-,28+/m1/s1. The Labute approximate surface area is 219 Å². The van der Waals surface area contributed by atoms with Crippen molar-refractivity contribution in [3.8, 4) is 0 Å². The van der Waals surface area contributed by atoms with Gasteiger partial charge in [0, 0.05) is 88.7 Å². The van der Waals surface area contributed by atoms with Crippen LogP contribution in [0.3, 0.4) is 0 Å². The minimum atomic E-state index is -0.922. The molecule has 9 nitrogen and oxygen atoms in total. The van der Waals surface area contributed by atoms with Gasteiger partial charge in [0.1, 0.15) is 11.7 Å². The van der Waals surface area contributed by atoms with Crippen LogP contribution in [-0.4, -0.2) is 99.0 Å². The number of fused-ring (bicyclic) bond motifs is 2. The van der Waals surface area contributed by atoms with E-state index in [-0.39, 0.29) is 65.2 Å². The maximum absolute atomic E-state index is 12.9. The van der Waals surface area contributed by atoms with Gasteiger partial charge in [-0.2, -0.15) is 0 Å². The lowest BCUT2D eigenvalue weighted by atomic mass is 9.43. The number of ether oxygens (including phenoxy) is 5. The lowest BCUT2D eigenvalue weighted by molar-refractivity contribution is -0.278. The van der Waals surface area contributed by atoms with Crippen molar-refractivity contribution in [3.63, 3.8) is 0 Å². The Morgan fingerprint density at radius 3 is 2.41 bits per heavy atom. The van der Waals surface area contributed by atoms with Gasteiger partial charge in [-0.15, -0.1) is 0 Å². The van der Waals surface area contributed by atoms with Gasteiger partial charge >= 0.3 is 11.9 Å². The number of hydrogen-bond donors (Lipinski definition) is 1. The maximum atomic E-state index is 12.9. The Balaban J connectivity index is 1.65. The molecule has 9 heteroatoms. The van der Waals surface area contributed by atoms with Crippen molar-refractivity contribution in [1.82, 2.24) is 4.90 Å². The highest BCUT2D eigenvalue weighted by Gasteiger charge is 2.87. The van der Waals surface area contributed by atoms with E-state index >= 15 is 0 Å². The number of rotatable bonds is 7. The van der Waals surface area contributed by atoms with E-state index in [0.29, 0.717) is 19.4 Å². The molecule has 0 aromatic heterocycles. The fraction of sp³-hybridized carbons (Fsp3) is 0.929. The summed E-state index contributed by atoms with van der Waals surface area (Å²) in [6.07, 6.45) is 1.46. The number of aliphatic hydroxyl groups excluding tert-OH is 1. The molecule has 0 aromatic rings. The molecule has 0 unspecified atom stereocenters. The summed E-state index contributed by atoms with van der Waals surface area (Å²) >= 11 is 0. The van der Waals surface area contributed by atoms with Crippen LogP contribution in [0.25, 0.3) is 0 Å². The minimum absolute atomic E-state index is 0.00590. The van der Waals surface area contributed by atoms with Crippen LogP contribution in [-0.2, 0) is 33.3 Å². The molecular weight excluding hydrogens is 478 g/mol. The topological polar surface area (TPSA) is 104 Å². The SMILES string of the molecule is CCN1C[C@]2(COC)CC[C@H](O)[C@@]34[C@H]5C[C@H]6[C@H](OC(C)=O)[C@@H]5[C@](OC(C)=O)(C[C@@H]6OC)[C@@H]([C@H](OC)[C@@H]23)[C@@H]14. The van der Waals surface area contributed by atoms with E-state index in [2.05, 4.69) is 11.8 Å². The number of likely N-dealkylation sites (tertiary alicyclic amines) is 1. The molecule has 1 spiro atoms. The fourth-order valence-electron chi connectivity index (χ4n) is 11.4. The predicted molar refractivity (Wildman–Crippen MR) is 131 cm³/mol. The highest BCUT2D eigenvalue weighted by Crippen LogP contribution is 2.80. The molecule has 6 rings (SSSR count). The predicted octanol–water partition coefficient (Wildman–Crippen LogP) is 1.64. The molecule has 208 valence electrons. The van der Waals surface area contributed by atoms with E-state index in [9.17, 15) is 14.7 Å². The van der Waals surface area contributed by atoms with Crippen LogP contribution >= 0.6 is 0 Å². The zero-order chi connectivity index (χ0) is 26.5. The van der Waals surface area contributed by atoms with E-state index in [1.165, 1.54) is 13.8 Å². The second kappa shape index (κ2) is 8.62. The van der Waals surface area contributed by atoms with Crippen molar-refractivity contribution in [1.29, 1.82) is 0 Å². The van der Waals surface area contributed by atoms with E-state index in [0.717, 1.165) is 25.9 Å². The molecule has 1 aliphatic heterocycles.